The Kier molecular flexibility index (Phi) is 5.34. The summed E-state index contributed by atoms with van der Waals surface area (Å²) >= 11 is 1.65. The highest BCUT2D eigenvalue weighted by Gasteiger charge is 2.34. The van der Waals surface area contributed by atoms with E-state index in [0.29, 0.717) is 23.9 Å². The van der Waals surface area contributed by atoms with Crippen molar-refractivity contribution in [3.63, 3.8) is 0 Å². The van der Waals surface area contributed by atoms with Gasteiger partial charge in [-0.25, -0.2) is 9.97 Å². The molecule has 0 N–H and O–H groups in total. The van der Waals surface area contributed by atoms with Gasteiger partial charge in [0.15, 0.2) is 22.4 Å². The highest BCUT2D eigenvalue weighted by molar-refractivity contribution is 7.22. The smallest absolute Gasteiger partial charge is 0.188 e. The summed E-state index contributed by atoms with van der Waals surface area (Å²) in [5.74, 6) is 1.51. The van der Waals surface area contributed by atoms with Gasteiger partial charge in [0.25, 0.3) is 0 Å². The van der Waals surface area contributed by atoms with Crippen LogP contribution in [-0.2, 0) is 11.2 Å². The van der Waals surface area contributed by atoms with E-state index in [9.17, 15) is 4.79 Å². The minimum atomic E-state index is -0.0914. The zero-order valence-electron chi connectivity index (χ0n) is 18.4. The van der Waals surface area contributed by atoms with Crippen LogP contribution in [0.1, 0.15) is 49.3 Å². The molecular formula is C26H25N5OS. The molecule has 1 saturated carbocycles. The van der Waals surface area contributed by atoms with Crippen molar-refractivity contribution in [3.8, 4) is 11.4 Å². The molecule has 4 heterocycles. The van der Waals surface area contributed by atoms with Crippen LogP contribution in [0.4, 0.5) is 5.13 Å². The van der Waals surface area contributed by atoms with Crippen LogP contribution >= 0.6 is 11.3 Å². The average molecular weight is 456 g/mol. The molecule has 4 aromatic rings. The van der Waals surface area contributed by atoms with E-state index in [-0.39, 0.29) is 6.04 Å². The lowest BCUT2D eigenvalue weighted by Crippen LogP contribution is -2.36. The van der Waals surface area contributed by atoms with Crippen LogP contribution in [0.2, 0.25) is 0 Å². The second-order valence-electron chi connectivity index (χ2n) is 8.90. The Bertz CT molecular complexity index is 1290. The largest absolute Gasteiger partial charge is 0.338 e. The second kappa shape index (κ2) is 8.63. The third-order valence-electron chi connectivity index (χ3n) is 6.54. The van der Waals surface area contributed by atoms with Crippen LogP contribution in [0.5, 0.6) is 0 Å². The maximum Gasteiger partial charge on any atom is 0.188 e. The van der Waals surface area contributed by atoms with Crippen LogP contribution in [0.25, 0.3) is 21.7 Å². The number of hydrogen-bond acceptors (Lipinski definition) is 7. The van der Waals surface area contributed by atoms with Crippen molar-refractivity contribution < 1.29 is 4.79 Å². The number of ketones is 1. The van der Waals surface area contributed by atoms with Crippen molar-refractivity contribution in [1.82, 2.24) is 19.9 Å². The molecule has 1 saturated heterocycles. The summed E-state index contributed by atoms with van der Waals surface area (Å²) in [4.78, 5) is 34.1. The monoisotopic (exact) mass is 455 g/mol. The molecule has 0 radical (unpaired) electrons. The zero-order chi connectivity index (χ0) is 22.2. The summed E-state index contributed by atoms with van der Waals surface area (Å²) in [7, 11) is 0. The molecule has 3 aromatic heterocycles. The number of rotatable bonds is 7. The first-order valence-electron chi connectivity index (χ1n) is 11.7. The second-order valence-corrected chi connectivity index (χ2v) is 9.87. The SMILES string of the molecule is O=C(CCc1ccccc1)[C@H]1CCCN1c1nc2nc(-c3ccncc3)nc(C3CC3)c2s1. The standard InChI is InChI=1S/C26H25N5OS/c32-21(11-8-17-5-2-1-3-6-17)20-7-4-16-31(20)26-30-25-23(33-26)22(18-9-10-18)28-24(29-25)19-12-14-27-15-13-19/h1-3,5-6,12-15,18,20H,4,7-11,16H2/t20-/m1/s1. The Hall–Kier alpha value is -3.19. The fourth-order valence-electron chi connectivity index (χ4n) is 4.63. The van der Waals surface area contributed by atoms with Gasteiger partial charge >= 0.3 is 0 Å². The van der Waals surface area contributed by atoms with Gasteiger partial charge in [0.1, 0.15) is 0 Å². The first-order valence-corrected chi connectivity index (χ1v) is 12.5. The quantitative estimate of drug-likeness (QED) is 0.382. The Morgan fingerprint density at radius 1 is 1.00 bits per heavy atom. The van der Waals surface area contributed by atoms with Crippen LogP contribution in [0.3, 0.4) is 0 Å². The molecule has 1 aliphatic heterocycles. The number of pyridine rings is 1. The van der Waals surface area contributed by atoms with Gasteiger partial charge in [-0.3, -0.25) is 9.78 Å². The molecule has 0 unspecified atom stereocenters. The molecule has 166 valence electrons. The van der Waals surface area contributed by atoms with Gasteiger partial charge in [0, 0.05) is 36.8 Å². The molecule has 2 fully saturated rings. The minimum absolute atomic E-state index is 0.0914. The summed E-state index contributed by atoms with van der Waals surface area (Å²) in [6.07, 6.45) is 9.13. The van der Waals surface area contributed by atoms with Crippen molar-refractivity contribution in [3.05, 3.63) is 66.1 Å². The summed E-state index contributed by atoms with van der Waals surface area (Å²) in [6, 6.07) is 14.0. The number of hydrogen-bond donors (Lipinski definition) is 0. The normalized spacial score (nSPS) is 18.2. The van der Waals surface area contributed by atoms with Crippen molar-refractivity contribution in [2.24, 2.45) is 0 Å². The van der Waals surface area contributed by atoms with Gasteiger partial charge in [-0.05, 0) is 49.8 Å². The highest BCUT2D eigenvalue weighted by atomic mass is 32.1. The lowest BCUT2D eigenvalue weighted by Gasteiger charge is -2.22. The highest BCUT2D eigenvalue weighted by Crippen LogP contribution is 2.45. The van der Waals surface area contributed by atoms with Gasteiger partial charge < -0.3 is 4.90 Å². The van der Waals surface area contributed by atoms with Crippen LogP contribution in [0, 0.1) is 0 Å². The fraction of sp³-hybridized carbons (Fsp3) is 0.346. The molecule has 0 spiro atoms. The Labute approximate surface area is 196 Å². The number of nitrogens with zero attached hydrogens (tertiary/aromatic N) is 5. The lowest BCUT2D eigenvalue weighted by atomic mass is 10.0. The van der Waals surface area contributed by atoms with E-state index in [1.54, 1.807) is 23.7 Å². The molecule has 0 amide bonds. The molecule has 7 heteroatoms. The zero-order valence-corrected chi connectivity index (χ0v) is 19.2. The van der Waals surface area contributed by atoms with Gasteiger partial charge in [-0.1, -0.05) is 41.7 Å². The number of fused-ring (bicyclic) bond motifs is 1. The van der Waals surface area contributed by atoms with E-state index in [1.807, 2.05) is 30.3 Å². The summed E-state index contributed by atoms with van der Waals surface area (Å²) < 4.78 is 1.08. The van der Waals surface area contributed by atoms with Crippen molar-refractivity contribution in [2.45, 2.75) is 50.5 Å². The molecule has 1 atom stereocenters. The molecule has 0 bridgehead atoms. The lowest BCUT2D eigenvalue weighted by molar-refractivity contribution is -0.120. The van der Waals surface area contributed by atoms with Gasteiger partial charge in [-0.15, -0.1) is 0 Å². The number of benzene rings is 1. The number of anilines is 1. The van der Waals surface area contributed by atoms with Crippen LogP contribution in [-0.4, -0.2) is 38.3 Å². The van der Waals surface area contributed by atoms with E-state index in [1.165, 1.54) is 18.4 Å². The molecule has 6 rings (SSSR count). The van der Waals surface area contributed by atoms with E-state index in [4.69, 9.17) is 15.0 Å². The number of aryl methyl sites for hydroxylation is 1. The molecule has 2 aliphatic rings. The summed E-state index contributed by atoms with van der Waals surface area (Å²) in [5, 5.41) is 0.906. The van der Waals surface area contributed by atoms with Crippen LogP contribution in [0.15, 0.2) is 54.9 Å². The summed E-state index contributed by atoms with van der Waals surface area (Å²) in [6.45, 7) is 0.866. The number of carbonyl (C=O) groups is 1. The Morgan fingerprint density at radius 2 is 1.82 bits per heavy atom. The van der Waals surface area contributed by atoms with E-state index in [0.717, 1.165) is 52.5 Å². The number of Topliss-reactive ketones (excluding diaryl/α,β-unsaturated/α-hetero) is 1. The Morgan fingerprint density at radius 3 is 2.61 bits per heavy atom. The molecular weight excluding hydrogens is 430 g/mol. The molecule has 1 aliphatic carbocycles. The Balaban J connectivity index is 1.29. The van der Waals surface area contributed by atoms with Crippen molar-refractivity contribution >= 4 is 32.6 Å². The molecule has 6 nitrogen and oxygen atoms in total. The van der Waals surface area contributed by atoms with E-state index in [2.05, 4.69) is 22.0 Å². The third-order valence-corrected chi connectivity index (χ3v) is 7.65. The maximum atomic E-state index is 13.1. The van der Waals surface area contributed by atoms with Gasteiger partial charge in [0.2, 0.25) is 0 Å². The number of aromatic nitrogens is 4. The first-order chi connectivity index (χ1) is 16.3. The number of thiazole rings is 1. The fourth-order valence-corrected chi connectivity index (χ4v) is 5.78. The van der Waals surface area contributed by atoms with Crippen molar-refractivity contribution in [2.75, 3.05) is 11.4 Å². The van der Waals surface area contributed by atoms with Gasteiger partial charge in [-0.2, -0.15) is 4.98 Å². The van der Waals surface area contributed by atoms with E-state index < -0.39 is 0 Å². The first kappa shape index (κ1) is 20.4. The van der Waals surface area contributed by atoms with Gasteiger partial charge in [0.05, 0.1) is 16.4 Å². The van der Waals surface area contributed by atoms with Crippen molar-refractivity contribution in [1.29, 1.82) is 0 Å². The predicted molar refractivity (Wildman–Crippen MR) is 131 cm³/mol. The average Bonchev–Trinajstić information content (AvgIpc) is 3.42. The predicted octanol–water partition coefficient (Wildman–Crippen LogP) is 5.20. The minimum Gasteiger partial charge on any atom is -0.338 e. The van der Waals surface area contributed by atoms with Crippen LogP contribution < -0.4 is 4.90 Å². The maximum absolute atomic E-state index is 13.1. The summed E-state index contributed by atoms with van der Waals surface area (Å²) in [5.41, 5.74) is 4.03. The molecule has 1 aromatic carbocycles. The third kappa shape index (κ3) is 4.13. The molecule has 33 heavy (non-hydrogen) atoms. The number of carbonyl (C=O) groups excluding carboxylic acids is 1. The van der Waals surface area contributed by atoms with E-state index >= 15 is 0 Å². The topological polar surface area (TPSA) is 71.9 Å².